The minimum Gasteiger partial charge on any atom is -0.396 e. The number of nitrogens with two attached hydrogens (primary N) is 1. The highest BCUT2D eigenvalue weighted by Crippen LogP contribution is 2.27. The second kappa shape index (κ2) is 6.91. The predicted octanol–water partition coefficient (Wildman–Crippen LogP) is 2.20. The van der Waals surface area contributed by atoms with Crippen molar-refractivity contribution in [3.05, 3.63) is 52.8 Å². The van der Waals surface area contributed by atoms with Gasteiger partial charge in [0.1, 0.15) is 5.69 Å². The summed E-state index contributed by atoms with van der Waals surface area (Å²) in [6.07, 6.45) is 2.11. The van der Waals surface area contributed by atoms with Crippen LogP contribution in [-0.2, 0) is 4.79 Å². The number of anilines is 2. The van der Waals surface area contributed by atoms with E-state index in [0.717, 1.165) is 6.21 Å². The summed E-state index contributed by atoms with van der Waals surface area (Å²) in [4.78, 5) is 23.7. The zero-order chi connectivity index (χ0) is 17.9. The number of carbonyl (C=O) groups excluding carboxylic acids is 1. The van der Waals surface area contributed by atoms with Gasteiger partial charge < -0.3 is 16.5 Å². The minimum absolute atomic E-state index is 0.0919. The van der Waals surface area contributed by atoms with Crippen LogP contribution in [0.4, 0.5) is 11.4 Å². The molecule has 0 aliphatic rings. The van der Waals surface area contributed by atoms with Crippen molar-refractivity contribution in [3.63, 3.8) is 0 Å². The number of hydrogen-bond donors (Lipinski definition) is 3. The van der Waals surface area contributed by atoms with Crippen molar-refractivity contribution >= 4 is 23.5 Å². The first-order valence-corrected chi connectivity index (χ1v) is 7.35. The van der Waals surface area contributed by atoms with Crippen LogP contribution in [0.1, 0.15) is 25.5 Å². The number of nitrogens with zero attached hydrogens (tertiary/aromatic N) is 2. The smallest absolute Gasteiger partial charge is 0.277 e. The van der Waals surface area contributed by atoms with Crippen molar-refractivity contribution in [1.82, 2.24) is 9.78 Å². The molecule has 0 aliphatic carbocycles. The molecule has 124 valence electrons. The number of hydrogen-bond acceptors (Lipinski definition) is 5. The highest BCUT2D eigenvalue weighted by Gasteiger charge is 2.17. The molecule has 0 aliphatic heterocycles. The maximum absolute atomic E-state index is 12.3. The Hall–Kier alpha value is -3.22. The van der Waals surface area contributed by atoms with E-state index in [1.54, 1.807) is 24.3 Å². The summed E-state index contributed by atoms with van der Waals surface area (Å²) in [7, 11) is 0. The van der Waals surface area contributed by atoms with Gasteiger partial charge in [0, 0.05) is 17.5 Å². The molecule has 2 aromatic rings. The average molecular weight is 325 g/mol. The molecule has 0 atom stereocenters. The molecular formula is C17H19N5O2. The van der Waals surface area contributed by atoms with Crippen LogP contribution in [0, 0.1) is 5.41 Å². The molecule has 1 heterocycles. The molecule has 0 unspecified atom stereocenters. The molecule has 0 saturated heterocycles. The van der Waals surface area contributed by atoms with E-state index in [2.05, 4.69) is 17.0 Å². The lowest BCUT2D eigenvalue weighted by Gasteiger charge is -2.15. The number of carbonyl (C=O) groups is 1. The first kappa shape index (κ1) is 17.1. The van der Waals surface area contributed by atoms with E-state index >= 15 is 0 Å². The molecule has 7 nitrogen and oxygen atoms in total. The first-order valence-electron chi connectivity index (χ1n) is 7.35. The Labute approximate surface area is 139 Å². The molecular weight excluding hydrogens is 306 g/mol. The maximum Gasteiger partial charge on any atom is 0.277 e. The second-order valence-corrected chi connectivity index (χ2v) is 5.44. The van der Waals surface area contributed by atoms with E-state index in [4.69, 9.17) is 11.1 Å². The van der Waals surface area contributed by atoms with Crippen LogP contribution in [0.15, 0.2) is 41.7 Å². The zero-order valence-corrected chi connectivity index (χ0v) is 13.5. The summed E-state index contributed by atoms with van der Waals surface area (Å²) in [6.45, 7) is 7.05. The first-order chi connectivity index (χ1) is 11.4. The molecule has 1 aromatic carbocycles. The van der Waals surface area contributed by atoms with Crippen LogP contribution in [0.3, 0.4) is 0 Å². The van der Waals surface area contributed by atoms with Gasteiger partial charge in [0.25, 0.3) is 5.56 Å². The topological polar surface area (TPSA) is 114 Å². The quantitative estimate of drug-likeness (QED) is 0.577. The Bertz CT molecular complexity index is 868. The lowest BCUT2D eigenvalue weighted by molar-refractivity contribution is -0.111. The molecule has 0 radical (unpaired) electrons. The second-order valence-electron chi connectivity index (χ2n) is 5.44. The Morgan fingerprint density at radius 1 is 1.46 bits per heavy atom. The number of amides is 1. The predicted molar refractivity (Wildman–Crippen MR) is 95.4 cm³/mol. The highest BCUT2D eigenvalue weighted by molar-refractivity contribution is 5.99. The summed E-state index contributed by atoms with van der Waals surface area (Å²) in [5.41, 5.74) is 7.44. The average Bonchev–Trinajstić information content (AvgIpc) is 2.55. The molecule has 24 heavy (non-hydrogen) atoms. The molecule has 1 aromatic heterocycles. The Morgan fingerprint density at radius 2 is 2.17 bits per heavy atom. The van der Waals surface area contributed by atoms with Gasteiger partial charge in [0.2, 0.25) is 5.91 Å². The molecule has 7 heteroatoms. The maximum atomic E-state index is 12.3. The lowest BCUT2D eigenvalue weighted by atomic mass is 10.1. The van der Waals surface area contributed by atoms with Gasteiger partial charge in [0.15, 0.2) is 0 Å². The third-order valence-electron chi connectivity index (χ3n) is 3.41. The Kier molecular flexibility index (Phi) is 4.93. The van der Waals surface area contributed by atoms with E-state index < -0.39 is 5.56 Å². The van der Waals surface area contributed by atoms with E-state index in [1.807, 2.05) is 13.8 Å². The largest absolute Gasteiger partial charge is 0.396 e. The van der Waals surface area contributed by atoms with Crippen LogP contribution in [0.25, 0.3) is 11.3 Å². The third-order valence-corrected chi connectivity index (χ3v) is 3.41. The van der Waals surface area contributed by atoms with Crippen LogP contribution in [-0.4, -0.2) is 21.9 Å². The van der Waals surface area contributed by atoms with Crippen LogP contribution in [0.5, 0.6) is 0 Å². The standard InChI is InChI=1S/C17H19N5O2/c1-4-14(23)20-12-7-5-6-11(8-12)16-15(19)13(9-18)17(24)22(21-16)10(2)3/h4-10,18H,1,19H2,2-3H3,(H,20,23). The summed E-state index contributed by atoms with van der Waals surface area (Å²) >= 11 is 0. The number of rotatable bonds is 5. The van der Waals surface area contributed by atoms with Gasteiger partial charge in [-0.2, -0.15) is 5.10 Å². The van der Waals surface area contributed by atoms with Gasteiger partial charge in [-0.1, -0.05) is 18.7 Å². The Balaban J connectivity index is 2.64. The number of nitrogens with one attached hydrogen (secondary N) is 2. The van der Waals surface area contributed by atoms with Crippen molar-refractivity contribution in [2.24, 2.45) is 0 Å². The van der Waals surface area contributed by atoms with E-state index in [9.17, 15) is 9.59 Å². The number of benzene rings is 1. The van der Waals surface area contributed by atoms with Crippen molar-refractivity contribution in [1.29, 1.82) is 5.41 Å². The van der Waals surface area contributed by atoms with Gasteiger partial charge in [0.05, 0.1) is 17.3 Å². The molecule has 0 spiro atoms. The normalized spacial score (nSPS) is 10.5. The van der Waals surface area contributed by atoms with Gasteiger partial charge in [-0.25, -0.2) is 4.68 Å². The van der Waals surface area contributed by atoms with E-state index in [-0.39, 0.29) is 23.2 Å². The van der Waals surface area contributed by atoms with Crippen molar-refractivity contribution in [3.8, 4) is 11.3 Å². The lowest BCUT2D eigenvalue weighted by Crippen LogP contribution is -2.29. The summed E-state index contributed by atoms with van der Waals surface area (Å²) < 4.78 is 1.29. The highest BCUT2D eigenvalue weighted by atomic mass is 16.1. The molecule has 0 bridgehead atoms. The van der Waals surface area contributed by atoms with Crippen LogP contribution in [0.2, 0.25) is 0 Å². The summed E-state index contributed by atoms with van der Waals surface area (Å²) in [6, 6.07) is 6.74. The van der Waals surface area contributed by atoms with E-state index in [1.165, 1.54) is 10.8 Å². The third kappa shape index (κ3) is 3.24. The van der Waals surface area contributed by atoms with Crippen molar-refractivity contribution in [2.75, 3.05) is 11.1 Å². The molecule has 4 N–H and O–H groups in total. The molecule has 0 fully saturated rings. The van der Waals surface area contributed by atoms with Gasteiger partial charge in [-0.05, 0) is 32.1 Å². The van der Waals surface area contributed by atoms with E-state index in [0.29, 0.717) is 16.9 Å². The SMILES string of the molecule is C=CC(=O)Nc1cccc(-c2nn(C(C)C)c(=O)c(C=N)c2N)c1. The summed E-state index contributed by atoms with van der Waals surface area (Å²) in [5.74, 6) is -0.333. The van der Waals surface area contributed by atoms with Gasteiger partial charge in [-0.3, -0.25) is 9.59 Å². The van der Waals surface area contributed by atoms with Crippen molar-refractivity contribution in [2.45, 2.75) is 19.9 Å². The van der Waals surface area contributed by atoms with Gasteiger partial charge >= 0.3 is 0 Å². The van der Waals surface area contributed by atoms with Crippen molar-refractivity contribution < 1.29 is 4.79 Å². The molecule has 0 saturated carbocycles. The van der Waals surface area contributed by atoms with Gasteiger partial charge in [-0.15, -0.1) is 0 Å². The zero-order valence-electron chi connectivity index (χ0n) is 13.5. The molecule has 2 rings (SSSR count). The fraction of sp³-hybridized carbons (Fsp3) is 0.176. The fourth-order valence-corrected chi connectivity index (χ4v) is 2.21. The Morgan fingerprint density at radius 3 is 2.75 bits per heavy atom. The number of aromatic nitrogens is 2. The summed E-state index contributed by atoms with van der Waals surface area (Å²) in [5, 5.41) is 14.5. The van der Waals surface area contributed by atoms with Crippen LogP contribution >= 0.6 is 0 Å². The fourth-order valence-electron chi connectivity index (χ4n) is 2.21. The van der Waals surface area contributed by atoms with Crippen LogP contribution < -0.4 is 16.6 Å². The monoisotopic (exact) mass is 325 g/mol. The minimum atomic E-state index is -0.405. The number of nitrogen functional groups attached to an aromatic ring is 1. The molecule has 1 amide bonds.